The maximum Gasteiger partial charge on any atom is 0.263 e. The van der Waals surface area contributed by atoms with Gasteiger partial charge in [0.15, 0.2) is 0 Å². The molecule has 4 rings (SSSR count). The molecule has 4 aromatic rings. The average Bonchev–Trinajstić information content (AvgIpc) is 3.28. The zero-order valence-electron chi connectivity index (χ0n) is 16.9. The van der Waals surface area contributed by atoms with Crippen LogP contribution in [0.2, 0.25) is 5.02 Å². The predicted molar refractivity (Wildman–Crippen MR) is 120 cm³/mol. The molecule has 0 aliphatic rings. The molecule has 3 heterocycles. The van der Waals surface area contributed by atoms with Crippen LogP contribution in [0.5, 0.6) is 0 Å². The van der Waals surface area contributed by atoms with Crippen molar-refractivity contribution in [2.24, 2.45) is 7.05 Å². The van der Waals surface area contributed by atoms with E-state index in [1.165, 1.54) is 33.1 Å². The lowest BCUT2D eigenvalue weighted by molar-refractivity contribution is -0.118. The maximum absolute atomic E-state index is 13.4. The van der Waals surface area contributed by atoms with Crippen LogP contribution < -0.4 is 10.9 Å². The molecule has 0 fully saturated rings. The normalized spacial score (nSPS) is 12.0. The number of carbonyl (C=O) groups excluding carboxylic acids is 1. The number of nitrogens with one attached hydrogen (secondary N) is 1. The number of nitriles is 1. The molecule has 10 heteroatoms. The van der Waals surface area contributed by atoms with Gasteiger partial charge in [-0.05, 0) is 31.5 Å². The maximum atomic E-state index is 13.4. The number of fused-ring (bicyclic) bond motifs is 1. The molecule has 0 radical (unpaired) electrons. The number of hydrogen-bond acceptors (Lipinski definition) is 6. The Morgan fingerprint density at radius 1 is 1.32 bits per heavy atom. The SMILES string of the molecule is Cc1sc2ncn(C(C)C(=O)Nc3c(C#N)cnn3C)c(=O)c2c1-c1ccc(Cl)cc1. The van der Waals surface area contributed by atoms with E-state index in [4.69, 9.17) is 11.6 Å². The van der Waals surface area contributed by atoms with Gasteiger partial charge in [-0.25, -0.2) is 4.98 Å². The zero-order valence-corrected chi connectivity index (χ0v) is 18.5. The summed E-state index contributed by atoms with van der Waals surface area (Å²) in [6, 6.07) is 8.38. The fourth-order valence-electron chi connectivity index (χ4n) is 3.37. The van der Waals surface area contributed by atoms with E-state index in [0.717, 1.165) is 16.0 Å². The van der Waals surface area contributed by atoms with Gasteiger partial charge in [-0.15, -0.1) is 11.3 Å². The van der Waals surface area contributed by atoms with Crippen LogP contribution in [0.4, 0.5) is 5.82 Å². The second kappa shape index (κ2) is 7.98. The summed E-state index contributed by atoms with van der Waals surface area (Å²) in [5.41, 5.74) is 1.57. The number of anilines is 1. The number of amides is 1. The molecule has 31 heavy (non-hydrogen) atoms. The van der Waals surface area contributed by atoms with Crippen LogP contribution in [0.25, 0.3) is 21.3 Å². The minimum atomic E-state index is -0.857. The molecule has 0 saturated carbocycles. The molecule has 0 bridgehead atoms. The van der Waals surface area contributed by atoms with Gasteiger partial charge in [-0.3, -0.25) is 18.8 Å². The minimum absolute atomic E-state index is 0.238. The number of rotatable bonds is 4. The van der Waals surface area contributed by atoms with Crippen LogP contribution in [0.15, 0.2) is 41.6 Å². The third-order valence-electron chi connectivity index (χ3n) is 5.04. The van der Waals surface area contributed by atoms with Gasteiger partial charge in [0.2, 0.25) is 5.91 Å². The number of benzene rings is 1. The first-order chi connectivity index (χ1) is 14.8. The molecule has 0 aliphatic heterocycles. The summed E-state index contributed by atoms with van der Waals surface area (Å²) in [5.74, 6) is -0.182. The van der Waals surface area contributed by atoms with E-state index in [1.807, 2.05) is 25.1 Å². The van der Waals surface area contributed by atoms with Crippen molar-refractivity contribution in [3.63, 3.8) is 0 Å². The third-order valence-corrected chi connectivity index (χ3v) is 6.31. The Labute approximate surface area is 186 Å². The van der Waals surface area contributed by atoms with Gasteiger partial charge < -0.3 is 5.32 Å². The van der Waals surface area contributed by atoms with Crippen LogP contribution in [-0.2, 0) is 11.8 Å². The van der Waals surface area contributed by atoms with Gasteiger partial charge in [-0.2, -0.15) is 10.4 Å². The number of aryl methyl sites for hydroxylation is 2. The standard InChI is InChI=1S/C21H17ClN6O2S/c1-11(19(29)26-18-14(8-23)9-25-27(18)3)28-10-24-20-17(21(28)30)16(12(2)31-20)13-4-6-15(22)7-5-13/h4-7,9-11H,1-3H3,(H,26,29). The van der Waals surface area contributed by atoms with E-state index in [2.05, 4.69) is 15.4 Å². The Morgan fingerprint density at radius 2 is 2.03 bits per heavy atom. The highest BCUT2D eigenvalue weighted by Crippen LogP contribution is 2.36. The number of carbonyl (C=O) groups is 1. The van der Waals surface area contributed by atoms with Gasteiger partial charge in [0, 0.05) is 22.5 Å². The van der Waals surface area contributed by atoms with Gasteiger partial charge in [0.1, 0.15) is 28.3 Å². The molecular formula is C21H17ClN6O2S. The largest absolute Gasteiger partial charge is 0.308 e. The van der Waals surface area contributed by atoms with Crippen molar-refractivity contribution in [2.45, 2.75) is 19.9 Å². The van der Waals surface area contributed by atoms with Crippen molar-refractivity contribution >= 4 is 44.9 Å². The third kappa shape index (κ3) is 3.60. The Balaban J connectivity index is 1.77. The minimum Gasteiger partial charge on any atom is -0.308 e. The molecule has 3 aromatic heterocycles. The van der Waals surface area contributed by atoms with Gasteiger partial charge in [-0.1, -0.05) is 23.7 Å². The highest BCUT2D eigenvalue weighted by molar-refractivity contribution is 7.19. The van der Waals surface area contributed by atoms with Crippen LogP contribution in [-0.4, -0.2) is 25.2 Å². The van der Waals surface area contributed by atoms with Crippen molar-refractivity contribution in [2.75, 3.05) is 5.32 Å². The molecule has 0 saturated heterocycles. The predicted octanol–water partition coefficient (Wildman–Crippen LogP) is 3.89. The molecule has 8 nitrogen and oxygen atoms in total. The molecular weight excluding hydrogens is 436 g/mol. The van der Waals surface area contributed by atoms with Crippen LogP contribution >= 0.6 is 22.9 Å². The van der Waals surface area contributed by atoms with Gasteiger partial charge >= 0.3 is 0 Å². The number of thiophene rings is 1. The molecule has 0 aliphatic carbocycles. The second-order valence-electron chi connectivity index (χ2n) is 6.98. The first kappa shape index (κ1) is 20.8. The van der Waals surface area contributed by atoms with E-state index in [0.29, 0.717) is 15.2 Å². The monoisotopic (exact) mass is 452 g/mol. The van der Waals surface area contributed by atoms with Crippen molar-refractivity contribution in [3.8, 4) is 17.2 Å². The topological polar surface area (TPSA) is 106 Å². The average molecular weight is 453 g/mol. The fraction of sp³-hybridized carbons (Fsp3) is 0.190. The van der Waals surface area contributed by atoms with E-state index in [-0.39, 0.29) is 16.9 Å². The zero-order chi connectivity index (χ0) is 22.3. The van der Waals surface area contributed by atoms with Crippen molar-refractivity contribution < 1.29 is 4.79 Å². The van der Waals surface area contributed by atoms with Crippen molar-refractivity contribution in [1.29, 1.82) is 5.26 Å². The second-order valence-corrected chi connectivity index (χ2v) is 8.62. The first-order valence-corrected chi connectivity index (χ1v) is 10.5. The molecule has 1 unspecified atom stereocenters. The van der Waals surface area contributed by atoms with Crippen molar-refractivity contribution in [3.05, 3.63) is 62.6 Å². The summed E-state index contributed by atoms with van der Waals surface area (Å²) in [5, 5.41) is 16.9. The molecule has 0 spiro atoms. The molecule has 1 atom stereocenters. The molecule has 1 aromatic carbocycles. The number of nitrogens with zero attached hydrogens (tertiary/aromatic N) is 5. The van der Waals surface area contributed by atoms with Gasteiger partial charge in [0.05, 0.1) is 17.9 Å². The van der Waals surface area contributed by atoms with Crippen LogP contribution in [0.1, 0.15) is 23.4 Å². The molecule has 1 amide bonds. The van der Waals surface area contributed by atoms with Crippen LogP contribution in [0, 0.1) is 18.3 Å². The van der Waals surface area contributed by atoms with Crippen LogP contribution in [0.3, 0.4) is 0 Å². The lowest BCUT2D eigenvalue weighted by Crippen LogP contribution is -2.32. The fourth-order valence-corrected chi connectivity index (χ4v) is 4.50. The van der Waals surface area contributed by atoms with Crippen molar-refractivity contribution in [1.82, 2.24) is 19.3 Å². The Hall–Kier alpha value is -3.48. The Bertz CT molecular complexity index is 1410. The Kier molecular flexibility index (Phi) is 5.35. The summed E-state index contributed by atoms with van der Waals surface area (Å²) in [6.45, 7) is 3.54. The Morgan fingerprint density at radius 3 is 2.71 bits per heavy atom. The number of aromatic nitrogens is 4. The number of hydrogen-bond donors (Lipinski definition) is 1. The summed E-state index contributed by atoms with van der Waals surface area (Å²) < 4.78 is 2.69. The quantitative estimate of drug-likeness (QED) is 0.505. The van der Waals surface area contributed by atoms with Gasteiger partial charge in [0.25, 0.3) is 5.56 Å². The molecule has 156 valence electrons. The van der Waals surface area contributed by atoms with E-state index < -0.39 is 11.9 Å². The summed E-state index contributed by atoms with van der Waals surface area (Å²) >= 11 is 7.43. The highest BCUT2D eigenvalue weighted by atomic mass is 35.5. The lowest BCUT2D eigenvalue weighted by Gasteiger charge is -2.15. The molecule has 1 N–H and O–H groups in total. The first-order valence-electron chi connectivity index (χ1n) is 9.31. The lowest BCUT2D eigenvalue weighted by atomic mass is 10.0. The highest BCUT2D eigenvalue weighted by Gasteiger charge is 2.23. The number of halogens is 1. The van der Waals surface area contributed by atoms with E-state index in [1.54, 1.807) is 26.1 Å². The van der Waals surface area contributed by atoms with E-state index >= 15 is 0 Å². The summed E-state index contributed by atoms with van der Waals surface area (Å²) in [6.07, 6.45) is 2.75. The smallest absolute Gasteiger partial charge is 0.263 e. The summed E-state index contributed by atoms with van der Waals surface area (Å²) in [7, 11) is 1.62. The van der Waals surface area contributed by atoms with E-state index in [9.17, 15) is 14.9 Å². The summed E-state index contributed by atoms with van der Waals surface area (Å²) in [4.78, 5) is 32.2.